The second-order valence-corrected chi connectivity index (χ2v) is 5.84. The smallest absolute Gasteiger partial charge is 0.320 e. The zero-order valence-corrected chi connectivity index (χ0v) is 13.8. The molecule has 2 rings (SSSR count). The fourth-order valence-electron chi connectivity index (χ4n) is 2.45. The van der Waals surface area contributed by atoms with Crippen LogP contribution in [0.2, 0.25) is 0 Å². The Hall–Kier alpha value is -2.19. The van der Waals surface area contributed by atoms with Crippen molar-refractivity contribution in [2.75, 3.05) is 0 Å². The van der Waals surface area contributed by atoms with Gasteiger partial charge in [0.1, 0.15) is 17.7 Å². The van der Waals surface area contributed by atoms with E-state index in [1.165, 1.54) is 0 Å². The van der Waals surface area contributed by atoms with Crippen LogP contribution in [0.25, 0.3) is 0 Å². The third-order valence-corrected chi connectivity index (χ3v) is 4.07. The molecule has 3 N–H and O–H groups in total. The molecule has 2 aromatic heterocycles. The minimum Gasteiger partial charge on any atom is -0.480 e. The molecule has 0 saturated carbocycles. The van der Waals surface area contributed by atoms with Crippen LogP contribution in [0.1, 0.15) is 25.0 Å². The predicted octanol–water partition coefficient (Wildman–Crippen LogP) is 0.346. The zero-order valence-electron chi connectivity index (χ0n) is 13.8. The maximum atomic E-state index is 11.0. The van der Waals surface area contributed by atoms with Crippen LogP contribution < -0.4 is 5.73 Å². The lowest BCUT2D eigenvalue weighted by molar-refractivity contribution is -0.139. The Morgan fingerprint density at radius 1 is 1.22 bits per heavy atom. The third kappa shape index (κ3) is 4.40. The summed E-state index contributed by atoms with van der Waals surface area (Å²) >= 11 is 0. The lowest BCUT2D eigenvalue weighted by Crippen LogP contribution is -2.41. The number of imidazole rings is 2. The van der Waals surface area contributed by atoms with E-state index >= 15 is 0 Å². The van der Waals surface area contributed by atoms with Crippen LogP contribution in [0.15, 0.2) is 24.8 Å². The van der Waals surface area contributed by atoms with Crippen molar-refractivity contribution in [3.8, 4) is 0 Å². The zero-order chi connectivity index (χ0) is 17.0. The predicted molar refractivity (Wildman–Crippen MR) is 85.4 cm³/mol. The highest BCUT2D eigenvalue weighted by Crippen LogP contribution is 2.14. The molecule has 0 saturated heterocycles. The molecular weight excluding hydrogens is 296 g/mol. The maximum absolute atomic E-state index is 11.0. The van der Waals surface area contributed by atoms with Gasteiger partial charge in [-0.25, -0.2) is 9.97 Å². The van der Waals surface area contributed by atoms with Crippen LogP contribution in [0, 0.1) is 0 Å². The van der Waals surface area contributed by atoms with E-state index in [9.17, 15) is 4.79 Å². The van der Waals surface area contributed by atoms with Gasteiger partial charge < -0.3 is 20.0 Å². The van der Waals surface area contributed by atoms with Gasteiger partial charge in [0.15, 0.2) is 0 Å². The van der Waals surface area contributed by atoms with Gasteiger partial charge in [-0.05, 0) is 13.3 Å². The lowest BCUT2D eigenvalue weighted by atomic mass is 10.1. The highest BCUT2D eigenvalue weighted by Gasteiger charge is 2.23. The number of nitrogens with zero attached hydrogens (tertiary/aromatic N) is 5. The monoisotopic (exact) mass is 320 g/mol. The summed E-state index contributed by atoms with van der Waals surface area (Å²) in [6.07, 6.45) is 7.65. The first-order valence-electron chi connectivity index (χ1n) is 7.53. The van der Waals surface area contributed by atoms with Gasteiger partial charge in [0.2, 0.25) is 0 Å². The Morgan fingerprint density at radius 2 is 1.70 bits per heavy atom. The Bertz CT molecular complexity index is 608. The van der Waals surface area contributed by atoms with Gasteiger partial charge in [-0.3, -0.25) is 9.69 Å². The van der Waals surface area contributed by atoms with Crippen molar-refractivity contribution in [1.82, 2.24) is 24.0 Å². The number of hydrogen-bond donors (Lipinski definition) is 2. The first-order valence-corrected chi connectivity index (χ1v) is 7.53. The first-order chi connectivity index (χ1) is 10.9. The Labute approximate surface area is 135 Å². The lowest BCUT2D eigenvalue weighted by Gasteiger charge is -2.29. The van der Waals surface area contributed by atoms with Crippen LogP contribution in [0.4, 0.5) is 0 Å². The van der Waals surface area contributed by atoms with Crippen molar-refractivity contribution < 1.29 is 9.90 Å². The standard InChI is InChI=1S/C15H24N6O2/c1-11(8-12(16)15(22)23)21(9-13-17-4-6-19(13)2)10-14-18-5-7-20(14)3/h4-7,11-12H,8-10,16H2,1-3H3,(H,22,23)/t11?,12-/m0/s1. The number of aryl methyl sites for hydroxylation is 2. The van der Waals surface area contributed by atoms with Gasteiger partial charge in [0.05, 0.1) is 13.1 Å². The van der Waals surface area contributed by atoms with Crippen LogP contribution in [-0.2, 0) is 32.0 Å². The maximum Gasteiger partial charge on any atom is 0.320 e. The number of carbonyl (C=O) groups is 1. The van der Waals surface area contributed by atoms with Crippen molar-refractivity contribution in [3.05, 3.63) is 36.4 Å². The van der Waals surface area contributed by atoms with E-state index in [4.69, 9.17) is 10.8 Å². The Balaban J connectivity index is 2.14. The van der Waals surface area contributed by atoms with E-state index in [1.54, 1.807) is 12.4 Å². The molecular formula is C15H24N6O2. The molecule has 0 fully saturated rings. The van der Waals surface area contributed by atoms with E-state index in [0.717, 1.165) is 11.6 Å². The number of aliphatic carboxylic acids is 1. The van der Waals surface area contributed by atoms with Crippen molar-refractivity contribution >= 4 is 5.97 Å². The largest absolute Gasteiger partial charge is 0.480 e. The molecule has 8 nitrogen and oxygen atoms in total. The van der Waals surface area contributed by atoms with Gasteiger partial charge in [-0.2, -0.15) is 0 Å². The van der Waals surface area contributed by atoms with E-state index in [0.29, 0.717) is 19.5 Å². The summed E-state index contributed by atoms with van der Waals surface area (Å²) in [6.45, 7) is 3.18. The van der Waals surface area contributed by atoms with Crippen LogP contribution in [-0.4, -0.2) is 47.2 Å². The molecule has 8 heteroatoms. The van der Waals surface area contributed by atoms with Gasteiger partial charge in [-0.15, -0.1) is 0 Å². The third-order valence-electron chi connectivity index (χ3n) is 4.07. The average Bonchev–Trinajstić information content (AvgIpc) is 3.07. The molecule has 0 amide bonds. The molecule has 126 valence electrons. The normalized spacial score (nSPS) is 14.1. The molecule has 0 aliphatic heterocycles. The van der Waals surface area contributed by atoms with E-state index in [1.807, 2.05) is 42.5 Å². The van der Waals surface area contributed by atoms with E-state index < -0.39 is 12.0 Å². The fourth-order valence-corrected chi connectivity index (χ4v) is 2.45. The Kier molecular flexibility index (Phi) is 5.51. The summed E-state index contributed by atoms with van der Waals surface area (Å²) in [4.78, 5) is 21.9. The quantitative estimate of drug-likeness (QED) is 0.727. The number of carboxylic acid groups (broad SMARTS) is 1. The molecule has 0 bridgehead atoms. The number of rotatable bonds is 8. The molecule has 23 heavy (non-hydrogen) atoms. The highest BCUT2D eigenvalue weighted by molar-refractivity contribution is 5.73. The number of aromatic nitrogens is 4. The van der Waals surface area contributed by atoms with E-state index in [-0.39, 0.29) is 6.04 Å². The molecule has 2 aromatic rings. The van der Waals surface area contributed by atoms with Gasteiger partial charge >= 0.3 is 5.97 Å². The number of hydrogen-bond acceptors (Lipinski definition) is 5. The second-order valence-electron chi connectivity index (χ2n) is 5.84. The van der Waals surface area contributed by atoms with Crippen molar-refractivity contribution in [3.63, 3.8) is 0 Å². The van der Waals surface area contributed by atoms with Gasteiger partial charge in [-0.1, -0.05) is 0 Å². The Morgan fingerprint density at radius 3 is 2.04 bits per heavy atom. The summed E-state index contributed by atoms with van der Waals surface area (Å²) in [5, 5.41) is 9.04. The van der Waals surface area contributed by atoms with Crippen LogP contribution in [0.5, 0.6) is 0 Å². The molecule has 0 aliphatic rings. The van der Waals surface area contributed by atoms with Crippen molar-refractivity contribution in [1.29, 1.82) is 0 Å². The van der Waals surface area contributed by atoms with Crippen molar-refractivity contribution in [2.24, 2.45) is 19.8 Å². The minimum atomic E-state index is -0.981. The topological polar surface area (TPSA) is 102 Å². The average molecular weight is 320 g/mol. The minimum absolute atomic E-state index is 0.0190. The fraction of sp³-hybridized carbons (Fsp3) is 0.533. The molecule has 1 unspecified atom stereocenters. The SMILES string of the molecule is CC(C[C@H](N)C(=O)O)N(Cc1nccn1C)Cc1nccn1C. The molecule has 0 aromatic carbocycles. The summed E-state index contributed by atoms with van der Waals surface area (Å²) < 4.78 is 3.91. The highest BCUT2D eigenvalue weighted by atomic mass is 16.4. The van der Waals surface area contributed by atoms with Crippen molar-refractivity contribution in [2.45, 2.75) is 38.5 Å². The van der Waals surface area contributed by atoms with Gasteiger partial charge in [0, 0.05) is 44.9 Å². The number of nitrogens with two attached hydrogens (primary N) is 1. The van der Waals surface area contributed by atoms with Crippen LogP contribution in [0.3, 0.4) is 0 Å². The second kappa shape index (κ2) is 7.38. The molecule has 0 aliphatic carbocycles. The summed E-state index contributed by atoms with van der Waals surface area (Å²) in [5.41, 5.74) is 5.69. The molecule has 2 heterocycles. The summed E-state index contributed by atoms with van der Waals surface area (Å²) in [6, 6.07) is -0.898. The molecule has 0 radical (unpaired) electrons. The summed E-state index contributed by atoms with van der Waals surface area (Å²) in [7, 11) is 3.88. The molecule has 0 spiro atoms. The number of carboxylic acids is 1. The first kappa shape index (κ1) is 17.2. The molecule has 2 atom stereocenters. The van der Waals surface area contributed by atoms with Gasteiger partial charge in [0.25, 0.3) is 0 Å². The van der Waals surface area contributed by atoms with Crippen LogP contribution >= 0.6 is 0 Å². The summed E-state index contributed by atoms with van der Waals surface area (Å²) in [5.74, 6) is 0.843. The van der Waals surface area contributed by atoms with E-state index in [2.05, 4.69) is 14.9 Å².